The lowest BCUT2D eigenvalue weighted by atomic mass is 9.98. The number of aliphatic carboxylic acids is 1. The molecule has 0 aliphatic heterocycles. The molecule has 0 spiro atoms. The standard InChI is InChI=1S/C18H32O2.C15H23NO/c1-2-3-4-5-6-7-8-9-10-11-12-13-14-15-16-17-18(19)20;1-5-16(6-2)11-14(17)10-15-12(3)8-7-9-13(15)4/h6-7,9-10H,2-5,8,11-17H2,1H3,(H,19,20);7-9H,5-6,10-11H2,1-4H3/b7-6-,10-9-;. The molecule has 1 rings (SSSR count). The van der Waals surface area contributed by atoms with Gasteiger partial charge in [-0.15, -0.1) is 0 Å². The minimum absolute atomic E-state index is 0.213. The summed E-state index contributed by atoms with van der Waals surface area (Å²) < 4.78 is 0. The van der Waals surface area contributed by atoms with E-state index in [1.54, 1.807) is 0 Å². The highest BCUT2D eigenvalue weighted by Crippen LogP contribution is 2.13. The first-order valence-corrected chi connectivity index (χ1v) is 14.8. The lowest BCUT2D eigenvalue weighted by Crippen LogP contribution is -3.12. The first-order chi connectivity index (χ1) is 17.8. The first kappa shape index (κ1) is 34.8. The highest BCUT2D eigenvalue weighted by Gasteiger charge is 2.13. The van der Waals surface area contributed by atoms with Crippen LogP contribution in [0.4, 0.5) is 0 Å². The van der Waals surface area contributed by atoms with Gasteiger partial charge < -0.3 is 14.8 Å². The van der Waals surface area contributed by atoms with Gasteiger partial charge in [-0.05, 0) is 89.3 Å². The van der Waals surface area contributed by atoms with E-state index in [9.17, 15) is 14.7 Å². The third kappa shape index (κ3) is 20.5. The van der Waals surface area contributed by atoms with Crippen LogP contribution >= 0.6 is 0 Å². The number of carboxylic acid groups (broad SMARTS) is 1. The lowest BCUT2D eigenvalue weighted by molar-refractivity contribution is -0.888. The number of allylic oxidation sites excluding steroid dienone is 4. The average Bonchev–Trinajstić information content (AvgIpc) is 2.87. The molecule has 0 aliphatic rings. The van der Waals surface area contributed by atoms with Crippen LogP contribution in [0.3, 0.4) is 0 Å². The maximum absolute atomic E-state index is 12.0. The minimum Gasteiger partial charge on any atom is -0.550 e. The molecule has 0 fully saturated rings. The lowest BCUT2D eigenvalue weighted by Gasteiger charge is -2.15. The molecule has 0 bridgehead atoms. The summed E-state index contributed by atoms with van der Waals surface area (Å²) in [4.78, 5) is 23.6. The summed E-state index contributed by atoms with van der Waals surface area (Å²) >= 11 is 0. The van der Waals surface area contributed by atoms with Gasteiger partial charge in [-0.25, -0.2) is 0 Å². The number of quaternary nitrogens is 1. The number of unbranched alkanes of at least 4 members (excludes halogenated alkanes) is 8. The third-order valence-corrected chi connectivity index (χ3v) is 6.80. The Morgan fingerprint density at radius 3 is 1.86 bits per heavy atom. The number of likely N-dealkylation sites (N-methyl/N-ethyl adjacent to an activating group) is 1. The molecule has 0 unspecified atom stereocenters. The van der Waals surface area contributed by atoms with Crippen LogP contribution in [0.25, 0.3) is 0 Å². The highest BCUT2D eigenvalue weighted by molar-refractivity contribution is 5.82. The van der Waals surface area contributed by atoms with Crippen molar-refractivity contribution in [2.45, 2.75) is 118 Å². The van der Waals surface area contributed by atoms with E-state index in [0.29, 0.717) is 18.7 Å². The maximum Gasteiger partial charge on any atom is 0.191 e. The second kappa shape index (κ2) is 24.2. The van der Waals surface area contributed by atoms with Crippen molar-refractivity contribution in [2.24, 2.45) is 0 Å². The number of aryl methyl sites for hydroxylation is 2. The number of ketones is 1. The number of nitrogens with one attached hydrogen (secondary N) is 1. The minimum atomic E-state index is -0.921. The molecule has 0 aliphatic carbocycles. The number of hydrogen-bond donors (Lipinski definition) is 1. The van der Waals surface area contributed by atoms with Crippen LogP contribution in [-0.2, 0) is 16.0 Å². The molecule has 0 saturated heterocycles. The molecule has 1 aromatic carbocycles. The van der Waals surface area contributed by atoms with Crippen molar-refractivity contribution < 1.29 is 19.6 Å². The molecule has 210 valence electrons. The average molecular weight is 514 g/mol. The van der Waals surface area contributed by atoms with E-state index in [-0.39, 0.29) is 6.42 Å². The molecule has 0 heterocycles. The number of carbonyl (C=O) groups excluding carboxylic acids is 2. The molecule has 0 radical (unpaired) electrons. The number of Topliss-reactive ketones (excluding diaryl/α,β-unsaturated/α-hetero) is 1. The Morgan fingerprint density at radius 1 is 0.784 bits per heavy atom. The van der Waals surface area contributed by atoms with E-state index < -0.39 is 5.97 Å². The Kier molecular flexibility index (Phi) is 22.7. The van der Waals surface area contributed by atoms with Gasteiger partial charge in [-0.2, -0.15) is 0 Å². The van der Waals surface area contributed by atoms with E-state index >= 15 is 0 Å². The fraction of sp³-hybridized carbons (Fsp3) is 0.636. The second-order valence-corrected chi connectivity index (χ2v) is 10.1. The van der Waals surface area contributed by atoms with E-state index in [1.807, 2.05) is 6.07 Å². The van der Waals surface area contributed by atoms with Gasteiger partial charge in [0.05, 0.1) is 13.1 Å². The van der Waals surface area contributed by atoms with Crippen molar-refractivity contribution in [2.75, 3.05) is 19.6 Å². The fourth-order valence-electron chi connectivity index (χ4n) is 4.25. The third-order valence-electron chi connectivity index (χ3n) is 6.80. The van der Waals surface area contributed by atoms with Gasteiger partial charge in [0.25, 0.3) is 0 Å². The number of benzene rings is 1. The number of carboxylic acids is 1. The van der Waals surface area contributed by atoms with Crippen molar-refractivity contribution in [3.63, 3.8) is 0 Å². The van der Waals surface area contributed by atoms with Crippen LogP contribution < -0.4 is 10.0 Å². The van der Waals surface area contributed by atoms with Crippen molar-refractivity contribution in [3.8, 4) is 0 Å². The molecule has 4 heteroatoms. The molecule has 4 nitrogen and oxygen atoms in total. The van der Waals surface area contributed by atoms with Gasteiger partial charge in [0, 0.05) is 12.4 Å². The van der Waals surface area contributed by atoms with Crippen LogP contribution in [0.1, 0.15) is 115 Å². The second-order valence-electron chi connectivity index (χ2n) is 10.1. The Labute approximate surface area is 228 Å². The normalized spacial score (nSPS) is 11.3. The predicted octanol–water partition coefficient (Wildman–Crippen LogP) is 5.89. The smallest absolute Gasteiger partial charge is 0.191 e. The molecule has 0 aromatic heterocycles. The SMILES string of the molecule is CCCCC/C=C\C/C=C\CCCCCCCC(=O)[O-].CC[NH+](CC)CC(=O)Cc1c(C)cccc1C. The van der Waals surface area contributed by atoms with Crippen molar-refractivity contribution in [3.05, 3.63) is 59.2 Å². The predicted molar refractivity (Wildman–Crippen MR) is 156 cm³/mol. The number of hydrogen-bond acceptors (Lipinski definition) is 3. The van der Waals surface area contributed by atoms with E-state index in [4.69, 9.17) is 0 Å². The summed E-state index contributed by atoms with van der Waals surface area (Å²) in [6.45, 7) is 13.4. The molecule has 1 N–H and O–H groups in total. The molecule has 1 aromatic rings. The van der Waals surface area contributed by atoms with Crippen molar-refractivity contribution in [1.82, 2.24) is 0 Å². The van der Waals surface area contributed by atoms with Gasteiger partial charge in [-0.3, -0.25) is 4.79 Å². The molecular formula is C33H55NO3. The Balaban J connectivity index is 0.000000708. The number of rotatable bonds is 20. The van der Waals surface area contributed by atoms with Gasteiger partial charge in [0.15, 0.2) is 5.78 Å². The monoisotopic (exact) mass is 513 g/mol. The zero-order chi connectivity index (χ0) is 27.7. The first-order valence-electron chi connectivity index (χ1n) is 14.8. The Morgan fingerprint density at radius 2 is 1.32 bits per heavy atom. The Bertz CT molecular complexity index is 758. The Hall–Kier alpha value is -2.20. The molecule has 0 saturated carbocycles. The van der Waals surface area contributed by atoms with Crippen LogP contribution in [0.15, 0.2) is 42.5 Å². The number of carbonyl (C=O) groups is 2. The summed E-state index contributed by atoms with van der Waals surface area (Å²) in [5.41, 5.74) is 3.67. The van der Waals surface area contributed by atoms with Crippen LogP contribution in [0, 0.1) is 13.8 Å². The van der Waals surface area contributed by atoms with Crippen LogP contribution in [0.2, 0.25) is 0 Å². The van der Waals surface area contributed by atoms with Gasteiger partial charge in [0.1, 0.15) is 6.54 Å². The van der Waals surface area contributed by atoms with E-state index in [1.165, 1.54) is 60.1 Å². The summed E-state index contributed by atoms with van der Waals surface area (Å²) in [5, 5.41) is 10.2. The summed E-state index contributed by atoms with van der Waals surface area (Å²) in [6.07, 6.45) is 22.5. The molecule has 37 heavy (non-hydrogen) atoms. The van der Waals surface area contributed by atoms with E-state index in [0.717, 1.165) is 45.2 Å². The van der Waals surface area contributed by atoms with Crippen LogP contribution in [-0.4, -0.2) is 31.4 Å². The molecule has 0 amide bonds. The zero-order valence-electron chi connectivity index (χ0n) is 24.6. The van der Waals surface area contributed by atoms with Gasteiger partial charge in [0.2, 0.25) is 0 Å². The van der Waals surface area contributed by atoms with Gasteiger partial charge >= 0.3 is 0 Å². The van der Waals surface area contributed by atoms with Crippen LogP contribution in [0.5, 0.6) is 0 Å². The van der Waals surface area contributed by atoms with Crippen molar-refractivity contribution in [1.29, 1.82) is 0 Å². The zero-order valence-corrected chi connectivity index (χ0v) is 24.6. The topological polar surface area (TPSA) is 61.6 Å². The van der Waals surface area contributed by atoms with Crippen molar-refractivity contribution >= 4 is 11.8 Å². The quantitative estimate of drug-likeness (QED) is 0.175. The summed E-state index contributed by atoms with van der Waals surface area (Å²) in [7, 11) is 0. The summed E-state index contributed by atoms with van der Waals surface area (Å²) in [5.74, 6) is -0.572. The van der Waals surface area contributed by atoms with E-state index in [2.05, 4.69) is 71.1 Å². The maximum atomic E-state index is 12.0. The molecular weight excluding hydrogens is 458 g/mol. The molecule has 0 atom stereocenters. The largest absolute Gasteiger partial charge is 0.550 e. The highest BCUT2D eigenvalue weighted by atomic mass is 16.4. The summed E-state index contributed by atoms with van der Waals surface area (Å²) in [6, 6.07) is 6.22. The van der Waals surface area contributed by atoms with Gasteiger partial charge in [-0.1, -0.05) is 81.5 Å². The fourth-order valence-corrected chi connectivity index (χ4v) is 4.25.